The smallest absolute Gasteiger partial charge is 0.412 e. The molecule has 0 atom stereocenters. The van der Waals surface area contributed by atoms with Gasteiger partial charge >= 0.3 is 100 Å². The maximum atomic E-state index is 5.05. The minimum atomic E-state index is -0.190. The molecule has 0 N–H and O–H groups in total. The molecule has 11 nitrogen and oxygen atoms in total. The molecule has 0 aromatic rings. The largest absolute Gasteiger partial charge is 0.435 e. The topological polar surface area (TPSA) is 102 Å². The molecule has 0 unspecified atom stereocenters. The van der Waals surface area contributed by atoms with Crippen LogP contribution in [0.2, 0.25) is 0 Å². The minimum Gasteiger partial charge on any atom is -0.435 e. The second-order valence-corrected chi connectivity index (χ2v) is 12.6. The zero-order valence-corrected chi connectivity index (χ0v) is 22.5. The maximum Gasteiger partial charge on any atom is 0.412 e. The highest BCUT2D eigenvalue weighted by atomic mass is 28.4. The zero-order chi connectivity index (χ0) is 16.8. The van der Waals surface area contributed by atoms with E-state index in [-0.39, 0.29) is 100 Å². The van der Waals surface area contributed by atoms with E-state index < -0.39 is 0 Å². The van der Waals surface area contributed by atoms with Crippen LogP contribution in [0.4, 0.5) is 0 Å². The van der Waals surface area contributed by atoms with Gasteiger partial charge < -0.3 is 45.3 Å². The lowest BCUT2D eigenvalue weighted by atomic mass is 15.7. The first-order valence-electron chi connectivity index (χ1n) is 4.49. The van der Waals surface area contributed by atoms with Crippen molar-refractivity contribution in [1.82, 2.24) is 0 Å². The predicted octanol–water partition coefficient (Wildman–Crippen LogP) is -5.32. The van der Waals surface area contributed by atoms with E-state index in [0.717, 1.165) is 0 Å². The summed E-state index contributed by atoms with van der Waals surface area (Å²) in [6, 6.07) is 0. The Morgan fingerprint density at radius 2 is 0.478 bits per heavy atom. The van der Waals surface area contributed by atoms with Gasteiger partial charge in [0.15, 0.2) is 0 Å². The van der Waals surface area contributed by atoms with Gasteiger partial charge in [-0.3, -0.25) is 0 Å². The van der Waals surface area contributed by atoms with E-state index in [4.69, 9.17) is 37.0 Å². The molecule has 0 aromatic carbocycles. The Hall–Kier alpha value is 2.16. The van der Waals surface area contributed by atoms with E-state index in [1.54, 1.807) is 0 Å². The van der Waals surface area contributed by atoms with Crippen molar-refractivity contribution in [2.24, 2.45) is 0 Å². The number of hydrogen-bond donors (Lipinski definition) is 0. The summed E-state index contributed by atoms with van der Waals surface area (Å²) in [5.74, 6) is 0. The maximum absolute atomic E-state index is 5.05. The Morgan fingerprint density at radius 3 is 0.652 bits per heavy atom. The summed E-state index contributed by atoms with van der Waals surface area (Å²) in [5, 5.41) is 0. The van der Waals surface area contributed by atoms with Crippen molar-refractivity contribution < 1.29 is 45.3 Å². The molecule has 0 saturated heterocycles. The van der Waals surface area contributed by atoms with Gasteiger partial charge in [-0.2, -0.15) is 0 Å². The van der Waals surface area contributed by atoms with Crippen LogP contribution in [0.1, 0.15) is 0 Å². The second kappa shape index (κ2) is 24.2. The summed E-state index contributed by atoms with van der Waals surface area (Å²) in [5.41, 5.74) is 0. The fourth-order valence-corrected chi connectivity index (χ4v) is 7.00. The third-order valence-corrected chi connectivity index (χ3v) is 7.50. The molecular formula is O11Si12. The van der Waals surface area contributed by atoms with Gasteiger partial charge in [0.25, 0.3) is 0 Å². The van der Waals surface area contributed by atoms with E-state index in [1.165, 1.54) is 0 Å². The molecule has 26 radical (unpaired) electrons. The van der Waals surface area contributed by atoms with Crippen molar-refractivity contribution in [3.05, 3.63) is 0 Å². The molecule has 114 valence electrons. The molecular weight excluding hydrogens is 513 g/mol. The Kier molecular flexibility index (Phi) is 26.4. The van der Waals surface area contributed by atoms with Crippen LogP contribution in [0.15, 0.2) is 0 Å². The fourth-order valence-electron chi connectivity index (χ4n) is 0.361. The van der Waals surface area contributed by atoms with E-state index in [2.05, 4.69) is 29.2 Å². The average molecular weight is 513 g/mol. The molecule has 0 bridgehead atoms. The van der Waals surface area contributed by atoms with Crippen LogP contribution in [-0.4, -0.2) is 121 Å². The lowest BCUT2D eigenvalue weighted by Crippen LogP contribution is -2.21. The van der Waals surface area contributed by atoms with Crippen LogP contribution in [0.25, 0.3) is 0 Å². The van der Waals surface area contributed by atoms with Crippen LogP contribution >= 0.6 is 0 Å². The third-order valence-electron chi connectivity index (χ3n) is 0.833. The van der Waals surface area contributed by atoms with Gasteiger partial charge in [-0.05, 0) is 0 Å². The Balaban J connectivity index is 2.92. The molecule has 0 spiro atoms. The monoisotopic (exact) mass is 512 g/mol. The first-order chi connectivity index (χ1) is 11.4. The molecule has 0 saturated carbocycles. The lowest BCUT2D eigenvalue weighted by Gasteiger charge is -2.03. The average Bonchev–Trinajstić information content (AvgIpc) is 2.57. The summed E-state index contributed by atoms with van der Waals surface area (Å²) in [7, 11) is 3.98. The molecule has 0 fully saturated rings. The lowest BCUT2D eigenvalue weighted by molar-refractivity contribution is 0.360. The van der Waals surface area contributed by atoms with Crippen molar-refractivity contribution in [2.75, 3.05) is 0 Å². The Morgan fingerprint density at radius 1 is 0.304 bits per heavy atom. The van der Waals surface area contributed by atoms with E-state index >= 15 is 0 Å². The van der Waals surface area contributed by atoms with Gasteiger partial charge in [0.05, 0.1) is 0 Å². The zero-order valence-electron chi connectivity index (χ0n) is 10.5. The van der Waals surface area contributed by atoms with Gasteiger partial charge in [0.1, 0.15) is 0 Å². The molecule has 0 aromatic heterocycles. The van der Waals surface area contributed by atoms with Crippen LogP contribution < -0.4 is 0 Å². The molecule has 0 rings (SSSR count). The molecule has 0 aliphatic heterocycles. The summed E-state index contributed by atoms with van der Waals surface area (Å²) < 4.78 is 54.0. The van der Waals surface area contributed by atoms with E-state index in [9.17, 15) is 0 Å². The van der Waals surface area contributed by atoms with Gasteiger partial charge in [-0.25, -0.2) is 0 Å². The van der Waals surface area contributed by atoms with Crippen molar-refractivity contribution in [2.45, 2.75) is 0 Å². The van der Waals surface area contributed by atoms with Crippen LogP contribution in [-0.2, 0) is 45.3 Å². The molecule has 0 heterocycles. The minimum absolute atomic E-state index is 0.114. The van der Waals surface area contributed by atoms with Crippen molar-refractivity contribution in [3.8, 4) is 0 Å². The standard InChI is InChI=1S/O11Si12/c12-1-14-3-16-5-18-7-20-9-22-11-23-10-21-8-19-6-17-4-15-2-13. The highest BCUT2D eigenvalue weighted by molar-refractivity contribution is 6.50. The summed E-state index contributed by atoms with van der Waals surface area (Å²) in [6.45, 7) is 0. The second-order valence-electron chi connectivity index (χ2n) is 1.96. The Labute approximate surface area is 165 Å². The summed E-state index contributed by atoms with van der Waals surface area (Å²) in [6.07, 6.45) is 0. The first-order valence-corrected chi connectivity index (χ1v) is 13.5. The number of rotatable bonds is 20. The predicted molar refractivity (Wildman–Crippen MR) is 81.0 cm³/mol. The van der Waals surface area contributed by atoms with Gasteiger partial charge in [0.2, 0.25) is 21.0 Å². The van der Waals surface area contributed by atoms with Crippen LogP contribution in [0, 0.1) is 0 Å². The van der Waals surface area contributed by atoms with E-state index in [0.29, 0.717) is 0 Å². The van der Waals surface area contributed by atoms with Gasteiger partial charge in [-0.15, -0.1) is 0 Å². The molecule has 0 aliphatic carbocycles. The third kappa shape index (κ3) is 24.2. The molecule has 23 heteroatoms. The Bertz CT molecular complexity index is 187. The van der Waals surface area contributed by atoms with Gasteiger partial charge in [-0.1, -0.05) is 0 Å². The molecule has 23 heavy (non-hydrogen) atoms. The van der Waals surface area contributed by atoms with E-state index in [1.807, 2.05) is 0 Å². The van der Waals surface area contributed by atoms with Crippen LogP contribution in [0.5, 0.6) is 0 Å². The molecule has 0 amide bonds. The highest BCUT2D eigenvalue weighted by Gasteiger charge is 2.04. The van der Waals surface area contributed by atoms with Gasteiger partial charge in [0, 0.05) is 0 Å². The summed E-state index contributed by atoms with van der Waals surface area (Å²) in [4.78, 5) is 0. The molecule has 0 aliphatic rings. The quantitative estimate of drug-likeness (QED) is 0.115. The first kappa shape index (κ1) is 25.2. The normalized spacial score (nSPS) is 11.2. The van der Waals surface area contributed by atoms with Crippen LogP contribution in [0.3, 0.4) is 0 Å². The SMILES string of the molecule is [Si]O[Si]O[Si]O[Si]O[Si]O[Si]O[Si]O[Si]O[Si]O[Si]O[Si]O[Si]. The van der Waals surface area contributed by atoms with Crippen molar-refractivity contribution >= 4 is 121 Å². The number of hydrogen-bond acceptors (Lipinski definition) is 11. The highest BCUT2D eigenvalue weighted by Crippen LogP contribution is 1.78. The van der Waals surface area contributed by atoms with Crippen molar-refractivity contribution in [1.29, 1.82) is 0 Å². The fraction of sp³-hybridized carbons (Fsp3) is 0. The summed E-state index contributed by atoms with van der Waals surface area (Å²) >= 11 is 0. The van der Waals surface area contributed by atoms with Crippen molar-refractivity contribution in [3.63, 3.8) is 0 Å².